The van der Waals surface area contributed by atoms with Crippen LogP contribution in [-0.2, 0) is 11.3 Å². The molecule has 0 spiro atoms. The van der Waals surface area contributed by atoms with Crippen LogP contribution in [0.2, 0.25) is 0 Å². The molecule has 0 aliphatic heterocycles. The molecule has 3 aromatic carbocycles. The van der Waals surface area contributed by atoms with Gasteiger partial charge in [-0.15, -0.1) is 10.2 Å². The summed E-state index contributed by atoms with van der Waals surface area (Å²) < 4.78 is 2.01. The van der Waals surface area contributed by atoms with Gasteiger partial charge in [0.15, 0.2) is 11.0 Å². The van der Waals surface area contributed by atoms with Gasteiger partial charge in [-0.1, -0.05) is 72.4 Å². The Morgan fingerprint density at radius 1 is 0.848 bits per heavy atom. The van der Waals surface area contributed by atoms with Crippen molar-refractivity contribution in [3.63, 3.8) is 0 Å². The molecule has 0 N–H and O–H groups in total. The van der Waals surface area contributed by atoms with Gasteiger partial charge in [-0.2, -0.15) is 0 Å². The number of nitrogens with zero attached hydrogens (tertiary/aromatic N) is 5. The lowest BCUT2D eigenvalue weighted by molar-refractivity contribution is -0.127. The monoisotopic (exact) mass is 457 g/mol. The summed E-state index contributed by atoms with van der Waals surface area (Å²) in [5.41, 5.74) is 4.17. The molecule has 0 radical (unpaired) electrons. The maximum atomic E-state index is 12.9. The molecule has 6 nitrogen and oxygen atoms in total. The quantitative estimate of drug-likeness (QED) is 0.358. The molecule has 1 amide bonds. The molecule has 4 rings (SSSR count). The molecule has 0 bridgehead atoms. The zero-order valence-electron chi connectivity index (χ0n) is 19.0. The average Bonchev–Trinajstić information content (AvgIpc) is 3.28. The molecular formula is C26H27N5OS. The molecule has 1 heterocycles. The highest BCUT2D eigenvalue weighted by Crippen LogP contribution is 2.28. The van der Waals surface area contributed by atoms with Crippen LogP contribution in [0.15, 0.2) is 90.1 Å². The Labute approximate surface area is 198 Å². The highest BCUT2D eigenvalue weighted by molar-refractivity contribution is 7.99. The maximum absolute atomic E-state index is 12.9. The third kappa shape index (κ3) is 5.43. The topological polar surface area (TPSA) is 54.3 Å². The Bertz CT molecular complexity index is 1190. The van der Waals surface area contributed by atoms with Crippen molar-refractivity contribution in [1.29, 1.82) is 0 Å². The number of para-hydroxylation sites is 1. The van der Waals surface area contributed by atoms with Gasteiger partial charge < -0.3 is 9.80 Å². The van der Waals surface area contributed by atoms with Gasteiger partial charge in [0.1, 0.15) is 0 Å². The number of aromatic nitrogens is 3. The van der Waals surface area contributed by atoms with E-state index in [0.717, 1.165) is 28.3 Å². The summed E-state index contributed by atoms with van der Waals surface area (Å²) in [4.78, 5) is 16.7. The fraction of sp³-hybridized carbons (Fsp3) is 0.192. The Hall–Kier alpha value is -3.58. The van der Waals surface area contributed by atoms with E-state index < -0.39 is 0 Å². The van der Waals surface area contributed by atoms with Crippen molar-refractivity contribution in [3.8, 4) is 17.1 Å². The van der Waals surface area contributed by atoms with E-state index in [2.05, 4.69) is 39.4 Å². The van der Waals surface area contributed by atoms with Crippen molar-refractivity contribution < 1.29 is 4.79 Å². The summed E-state index contributed by atoms with van der Waals surface area (Å²) in [6, 6.07) is 28.2. The average molecular weight is 458 g/mol. The molecular weight excluding hydrogens is 430 g/mol. The SMILES string of the molecule is CN(Cc1ccc(N(C)C)cc1)C(=O)CSc1nnc(-c2ccccc2)n1-c1ccccc1. The number of amides is 1. The summed E-state index contributed by atoms with van der Waals surface area (Å²) in [6.07, 6.45) is 0. The predicted molar refractivity (Wildman–Crippen MR) is 135 cm³/mol. The molecule has 0 aliphatic carbocycles. The van der Waals surface area contributed by atoms with Gasteiger partial charge in [0, 0.05) is 44.6 Å². The molecule has 168 valence electrons. The van der Waals surface area contributed by atoms with Gasteiger partial charge >= 0.3 is 0 Å². The summed E-state index contributed by atoms with van der Waals surface area (Å²) in [5.74, 6) is 1.08. The van der Waals surface area contributed by atoms with E-state index in [1.165, 1.54) is 11.8 Å². The smallest absolute Gasteiger partial charge is 0.233 e. The minimum absolute atomic E-state index is 0.0422. The third-order valence-corrected chi connectivity index (χ3v) is 6.22. The van der Waals surface area contributed by atoms with Gasteiger partial charge in [0.2, 0.25) is 5.91 Å². The molecule has 1 aromatic heterocycles. The van der Waals surface area contributed by atoms with E-state index in [4.69, 9.17) is 0 Å². The number of hydrogen-bond acceptors (Lipinski definition) is 5. The Kier molecular flexibility index (Phi) is 7.10. The lowest BCUT2D eigenvalue weighted by Gasteiger charge is -2.18. The van der Waals surface area contributed by atoms with Gasteiger partial charge in [-0.3, -0.25) is 9.36 Å². The molecule has 0 unspecified atom stereocenters. The lowest BCUT2D eigenvalue weighted by atomic mass is 10.2. The van der Waals surface area contributed by atoms with Gasteiger partial charge in [0.25, 0.3) is 0 Å². The van der Waals surface area contributed by atoms with Crippen LogP contribution in [0.25, 0.3) is 17.1 Å². The Morgan fingerprint density at radius 2 is 1.48 bits per heavy atom. The standard InChI is InChI=1S/C26H27N5OS/c1-29(2)22-16-14-20(15-17-22)18-30(3)24(32)19-33-26-28-27-25(21-10-6-4-7-11-21)31(26)23-12-8-5-9-13-23/h4-17H,18-19H2,1-3H3. The summed E-state index contributed by atoms with van der Waals surface area (Å²) in [7, 11) is 5.86. The van der Waals surface area contributed by atoms with E-state index in [-0.39, 0.29) is 11.7 Å². The number of thioether (sulfide) groups is 1. The fourth-order valence-electron chi connectivity index (χ4n) is 3.45. The van der Waals surface area contributed by atoms with Gasteiger partial charge in [0.05, 0.1) is 5.75 Å². The molecule has 33 heavy (non-hydrogen) atoms. The van der Waals surface area contributed by atoms with Crippen LogP contribution >= 0.6 is 11.8 Å². The normalized spacial score (nSPS) is 10.8. The van der Waals surface area contributed by atoms with Crippen molar-refractivity contribution in [1.82, 2.24) is 19.7 Å². The Morgan fingerprint density at radius 3 is 2.12 bits per heavy atom. The van der Waals surface area contributed by atoms with Crippen LogP contribution in [0.1, 0.15) is 5.56 Å². The largest absolute Gasteiger partial charge is 0.378 e. The van der Waals surface area contributed by atoms with Gasteiger partial charge in [-0.05, 0) is 29.8 Å². The first-order valence-electron chi connectivity index (χ1n) is 10.7. The van der Waals surface area contributed by atoms with E-state index in [1.54, 1.807) is 4.90 Å². The number of carbonyl (C=O) groups is 1. The highest BCUT2D eigenvalue weighted by atomic mass is 32.2. The van der Waals surface area contributed by atoms with E-state index in [9.17, 15) is 4.79 Å². The zero-order valence-corrected chi connectivity index (χ0v) is 19.9. The van der Waals surface area contributed by atoms with Gasteiger partial charge in [-0.25, -0.2) is 0 Å². The van der Waals surface area contributed by atoms with Crippen LogP contribution in [0.4, 0.5) is 5.69 Å². The summed E-state index contributed by atoms with van der Waals surface area (Å²) in [6.45, 7) is 0.563. The fourth-order valence-corrected chi connectivity index (χ4v) is 4.34. The molecule has 0 atom stereocenters. The second-order valence-corrected chi connectivity index (χ2v) is 8.89. The zero-order chi connectivity index (χ0) is 23.2. The molecule has 0 saturated heterocycles. The predicted octanol–water partition coefficient (Wildman–Crippen LogP) is 4.75. The first-order chi connectivity index (χ1) is 16.0. The van der Waals surface area contributed by atoms with Crippen molar-refractivity contribution >= 4 is 23.4 Å². The highest BCUT2D eigenvalue weighted by Gasteiger charge is 2.18. The molecule has 4 aromatic rings. The van der Waals surface area contributed by atoms with Crippen LogP contribution < -0.4 is 4.90 Å². The summed E-state index contributed by atoms with van der Waals surface area (Å²) in [5, 5.41) is 9.54. The van der Waals surface area contributed by atoms with Crippen molar-refractivity contribution in [2.75, 3.05) is 31.8 Å². The maximum Gasteiger partial charge on any atom is 0.233 e. The van der Waals surface area contributed by atoms with Crippen LogP contribution in [0.5, 0.6) is 0 Å². The molecule has 0 fully saturated rings. The number of anilines is 1. The summed E-state index contributed by atoms with van der Waals surface area (Å²) >= 11 is 1.40. The first-order valence-corrected chi connectivity index (χ1v) is 11.7. The number of benzene rings is 3. The van der Waals surface area contributed by atoms with E-state index in [0.29, 0.717) is 11.7 Å². The molecule has 0 aliphatic rings. The van der Waals surface area contributed by atoms with Crippen LogP contribution in [0.3, 0.4) is 0 Å². The van der Waals surface area contributed by atoms with Crippen molar-refractivity contribution in [3.05, 3.63) is 90.5 Å². The second kappa shape index (κ2) is 10.4. The van der Waals surface area contributed by atoms with Crippen molar-refractivity contribution in [2.45, 2.75) is 11.7 Å². The second-order valence-electron chi connectivity index (χ2n) is 7.94. The molecule has 7 heteroatoms. The minimum Gasteiger partial charge on any atom is -0.378 e. The number of rotatable bonds is 8. The van der Waals surface area contributed by atoms with Crippen LogP contribution in [0, 0.1) is 0 Å². The van der Waals surface area contributed by atoms with Crippen LogP contribution in [-0.4, -0.2) is 52.5 Å². The van der Waals surface area contributed by atoms with Crippen molar-refractivity contribution in [2.24, 2.45) is 0 Å². The first kappa shape index (κ1) is 22.6. The minimum atomic E-state index is 0.0422. The lowest BCUT2D eigenvalue weighted by Crippen LogP contribution is -2.28. The Balaban J connectivity index is 1.48. The third-order valence-electron chi connectivity index (χ3n) is 5.30. The van der Waals surface area contributed by atoms with E-state index in [1.807, 2.05) is 86.4 Å². The number of hydrogen-bond donors (Lipinski definition) is 0. The molecule has 0 saturated carbocycles. The van der Waals surface area contributed by atoms with E-state index >= 15 is 0 Å². The number of carbonyl (C=O) groups excluding carboxylic acids is 1.